The molecule has 0 heterocycles. The molecule has 0 saturated carbocycles. The van der Waals surface area contributed by atoms with Crippen molar-refractivity contribution in [2.45, 2.75) is 51.9 Å². The second-order valence-electron chi connectivity index (χ2n) is 3.32. The van der Waals surface area contributed by atoms with Gasteiger partial charge in [-0.3, -0.25) is 4.79 Å². The number of hydrogen-bond donors (Lipinski definition) is 1. The van der Waals surface area contributed by atoms with Gasteiger partial charge in [-0.2, -0.15) is 0 Å². The summed E-state index contributed by atoms with van der Waals surface area (Å²) < 4.78 is 0. The van der Waals surface area contributed by atoms with Gasteiger partial charge in [0.15, 0.2) is 0 Å². The lowest BCUT2D eigenvalue weighted by atomic mass is 10.1. The Hall–Kier alpha value is -0.240. The van der Waals surface area contributed by atoms with Crippen molar-refractivity contribution in [2.24, 2.45) is 0 Å². The van der Waals surface area contributed by atoms with Crippen molar-refractivity contribution < 1.29 is 4.79 Å². The largest absolute Gasteiger partial charge is 0.343 e. The first kappa shape index (κ1) is 12.8. The molecular weight excluding hydrogens is 186 g/mol. The van der Waals surface area contributed by atoms with E-state index in [-0.39, 0.29) is 0 Å². The standard InChI is InChI=1S/C10H20ClNO/c1-2-3-4-5-6-7-8-9-12-10(11)13/h2-9H2,1H3,(H,12,13). The van der Waals surface area contributed by atoms with Crippen LogP contribution in [0.4, 0.5) is 4.79 Å². The van der Waals surface area contributed by atoms with Crippen LogP contribution in [0.15, 0.2) is 0 Å². The van der Waals surface area contributed by atoms with Gasteiger partial charge >= 0.3 is 5.37 Å². The third kappa shape index (κ3) is 11.8. The molecule has 0 aromatic carbocycles. The van der Waals surface area contributed by atoms with Crippen molar-refractivity contribution in [3.63, 3.8) is 0 Å². The van der Waals surface area contributed by atoms with Gasteiger partial charge in [0, 0.05) is 6.54 Å². The van der Waals surface area contributed by atoms with Gasteiger partial charge in [-0.1, -0.05) is 45.4 Å². The highest BCUT2D eigenvalue weighted by molar-refractivity contribution is 6.62. The van der Waals surface area contributed by atoms with Crippen molar-refractivity contribution in [1.82, 2.24) is 5.32 Å². The molecule has 0 aromatic heterocycles. The minimum atomic E-state index is -0.439. The summed E-state index contributed by atoms with van der Waals surface area (Å²) in [5.41, 5.74) is 0. The second-order valence-corrected chi connectivity index (χ2v) is 3.67. The van der Waals surface area contributed by atoms with E-state index in [1.807, 2.05) is 0 Å². The third-order valence-corrected chi connectivity index (χ3v) is 2.18. The Morgan fingerprint density at radius 1 is 1.08 bits per heavy atom. The molecule has 0 aliphatic carbocycles. The van der Waals surface area contributed by atoms with Crippen LogP contribution in [0, 0.1) is 0 Å². The van der Waals surface area contributed by atoms with E-state index in [0.717, 1.165) is 13.0 Å². The quantitative estimate of drug-likeness (QED) is 0.366. The van der Waals surface area contributed by atoms with Crippen LogP contribution in [0.5, 0.6) is 0 Å². The number of unbranched alkanes of at least 4 members (excludes halogenated alkanes) is 6. The lowest BCUT2D eigenvalue weighted by molar-refractivity contribution is 0.259. The van der Waals surface area contributed by atoms with Gasteiger partial charge in [-0.05, 0) is 18.0 Å². The minimum Gasteiger partial charge on any atom is -0.343 e. The Morgan fingerprint density at radius 2 is 1.62 bits per heavy atom. The topological polar surface area (TPSA) is 29.1 Å². The predicted octanol–water partition coefficient (Wildman–Crippen LogP) is 3.69. The molecule has 0 aromatic rings. The second kappa shape index (κ2) is 9.85. The molecule has 1 N–H and O–H groups in total. The molecule has 0 aliphatic rings. The highest BCUT2D eigenvalue weighted by atomic mass is 35.5. The van der Waals surface area contributed by atoms with Crippen molar-refractivity contribution in [1.29, 1.82) is 0 Å². The fraction of sp³-hybridized carbons (Fsp3) is 0.900. The smallest absolute Gasteiger partial charge is 0.313 e. The highest BCUT2D eigenvalue weighted by Crippen LogP contribution is 2.06. The predicted molar refractivity (Wildman–Crippen MR) is 57.2 cm³/mol. The number of carbonyl (C=O) groups is 1. The Kier molecular flexibility index (Phi) is 9.66. The molecule has 0 radical (unpaired) electrons. The first-order chi connectivity index (χ1) is 6.27. The monoisotopic (exact) mass is 205 g/mol. The molecule has 3 heteroatoms. The summed E-state index contributed by atoms with van der Waals surface area (Å²) >= 11 is 5.11. The van der Waals surface area contributed by atoms with Crippen LogP contribution in [0.25, 0.3) is 0 Å². The number of amides is 1. The lowest BCUT2D eigenvalue weighted by Gasteiger charge is -2.01. The molecule has 2 nitrogen and oxygen atoms in total. The summed E-state index contributed by atoms with van der Waals surface area (Å²) in [7, 11) is 0. The van der Waals surface area contributed by atoms with Crippen molar-refractivity contribution in [3.8, 4) is 0 Å². The molecule has 0 rings (SSSR count). The van der Waals surface area contributed by atoms with Gasteiger partial charge in [0.2, 0.25) is 0 Å². The molecule has 78 valence electrons. The number of hydrogen-bond acceptors (Lipinski definition) is 1. The van der Waals surface area contributed by atoms with E-state index in [2.05, 4.69) is 12.2 Å². The van der Waals surface area contributed by atoms with Crippen LogP contribution in [-0.4, -0.2) is 11.9 Å². The molecule has 0 saturated heterocycles. The van der Waals surface area contributed by atoms with E-state index in [1.165, 1.54) is 38.5 Å². The number of carbonyl (C=O) groups excluding carboxylic acids is 1. The maximum absolute atomic E-state index is 10.3. The van der Waals surface area contributed by atoms with Crippen LogP contribution in [0.3, 0.4) is 0 Å². The molecule has 0 unspecified atom stereocenters. The van der Waals surface area contributed by atoms with Crippen molar-refractivity contribution in [2.75, 3.05) is 6.54 Å². The fourth-order valence-corrected chi connectivity index (χ4v) is 1.36. The zero-order chi connectivity index (χ0) is 9.94. The summed E-state index contributed by atoms with van der Waals surface area (Å²) in [5.74, 6) is 0. The molecule has 1 amide bonds. The zero-order valence-electron chi connectivity index (χ0n) is 8.44. The molecular formula is C10H20ClNO. The van der Waals surface area contributed by atoms with Crippen LogP contribution in [0.1, 0.15) is 51.9 Å². The Bertz CT molecular complexity index is 128. The molecule has 0 fully saturated rings. The maximum atomic E-state index is 10.3. The SMILES string of the molecule is CCCCCCCCCNC(=O)Cl. The summed E-state index contributed by atoms with van der Waals surface area (Å²) in [5, 5.41) is 2.14. The number of halogens is 1. The van der Waals surface area contributed by atoms with E-state index in [4.69, 9.17) is 11.6 Å². The highest BCUT2D eigenvalue weighted by Gasteiger charge is 1.93. The fourth-order valence-electron chi connectivity index (χ4n) is 1.27. The molecule has 0 atom stereocenters. The van der Waals surface area contributed by atoms with Gasteiger partial charge in [-0.25, -0.2) is 0 Å². The molecule has 13 heavy (non-hydrogen) atoms. The van der Waals surface area contributed by atoms with E-state index in [1.54, 1.807) is 0 Å². The van der Waals surface area contributed by atoms with Crippen LogP contribution < -0.4 is 5.32 Å². The average Bonchev–Trinajstić information content (AvgIpc) is 2.09. The van der Waals surface area contributed by atoms with Crippen molar-refractivity contribution >= 4 is 17.0 Å². The molecule has 0 spiro atoms. The summed E-state index contributed by atoms with van der Waals surface area (Å²) in [4.78, 5) is 10.3. The first-order valence-corrected chi connectivity index (χ1v) is 5.58. The normalized spacial score (nSPS) is 10.0. The van der Waals surface area contributed by atoms with E-state index < -0.39 is 5.37 Å². The summed E-state index contributed by atoms with van der Waals surface area (Å²) in [6, 6.07) is 0. The van der Waals surface area contributed by atoms with E-state index >= 15 is 0 Å². The van der Waals surface area contributed by atoms with Crippen LogP contribution >= 0.6 is 11.6 Å². The van der Waals surface area contributed by atoms with Gasteiger partial charge in [0.05, 0.1) is 0 Å². The van der Waals surface area contributed by atoms with Gasteiger partial charge in [0.25, 0.3) is 0 Å². The Morgan fingerprint density at radius 3 is 2.15 bits per heavy atom. The minimum absolute atomic E-state index is 0.439. The number of nitrogens with one attached hydrogen (secondary N) is 1. The zero-order valence-corrected chi connectivity index (χ0v) is 9.20. The van der Waals surface area contributed by atoms with Gasteiger partial charge in [-0.15, -0.1) is 0 Å². The summed E-state index contributed by atoms with van der Waals surface area (Å²) in [6.07, 6.45) is 8.82. The van der Waals surface area contributed by atoms with Gasteiger partial charge in [0.1, 0.15) is 0 Å². The van der Waals surface area contributed by atoms with Gasteiger partial charge < -0.3 is 5.32 Å². The summed E-state index contributed by atoms with van der Waals surface area (Å²) in [6.45, 7) is 2.94. The van der Waals surface area contributed by atoms with Crippen LogP contribution in [0.2, 0.25) is 0 Å². The Balaban J connectivity index is 2.87. The Labute approximate surface area is 86.0 Å². The van der Waals surface area contributed by atoms with Crippen LogP contribution in [-0.2, 0) is 0 Å². The lowest BCUT2D eigenvalue weighted by Crippen LogP contribution is -2.17. The first-order valence-electron chi connectivity index (χ1n) is 5.20. The van der Waals surface area contributed by atoms with E-state index in [0.29, 0.717) is 0 Å². The maximum Gasteiger partial charge on any atom is 0.313 e. The molecule has 0 bridgehead atoms. The van der Waals surface area contributed by atoms with Crippen molar-refractivity contribution in [3.05, 3.63) is 0 Å². The molecule has 0 aliphatic heterocycles. The average molecular weight is 206 g/mol. The third-order valence-electron chi connectivity index (χ3n) is 2.04. The number of rotatable bonds is 8. The van der Waals surface area contributed by atoms with E-state index in [9.17, 15) is 4.79 Å².